The van der Waals surface area contributed by atoms with Crippen LogP contribution in [0.5, 0.6) is 0 Å². The van der Waals surface area contributed by atoms with Crippen LogP contribution in [-0.4, -0.2) is 4.98 Å². The van der Waals surface area contributed by atoms with Crippen molar-refractivity contribution in [2.45, 2.75) is 6.92 Å². The maximum atomic E-state index is 13.1. The molecule has 1 aromatic heterocycles. The van der Waals surface area contributed by atoms with Gasteiger partial charge in [0.2, 0.25) is 0 Å². The number of nitrogens with one attached hydrogen (secondary N) is 1. The molecular weight excluding hydrogens is 198 g/mol. The van der Waals surface area contributed by atoms with E-state index in [0.717, 1.165) is 0 Å². The Hall–Kier alpha value is -1.52. The van der Waals surface area contributed by atoms with Crippen LogP contribution in [0.15, 0.2) is 6.20 Å². The standard InChI is InChI=1S/C9H5F4N/c1-3-2-14-9-4(3)5(10)6(11)7(12)8(9)13/h2,14H,1H3. The first-order valence-electron chi connectivity index (χ1n) is 3.83. The zero-order valence-electron chi connectivity index (χ0n) is 7.09. The number of hydrogen-bond acceptors (Lipinski definition) is 0. The highest BCUT2D eigenvalue weighted by Crippen LogP contribution is 2.28. The van der Waals surface area contributed by atoms with Gasteiger partial charge in [0, 0.05) is 11.6 Å². The van der Waals surface area contributed by atoms with Crippen LogP contribution in [0.2, 0.25) is 0 Å². The van der Waals surface area contributed by atoms with Crippen molar-refractivity contribution in [2.24, 2.45) is 0 Å². The molecule has 2 aromatic rings. The fourth-order valence-electron chi connectivity index (χ4n) is 1.39. The van der Waals surface area contributed by atoms with Gasteiger partial charge in [-0.1, -0.05) is 0 Å². The molecule has 1 aromatic carbocycles. The van der Waals surface area contributed by atoms with Gasteiger partial charge in [-0.3, -0.25) is 0 Å². The average Bonchev–Trinajstić information content (AvgIpc) is 2.54. The highest BCUT2D eigenvalue weighted by atomic mass is 19.2. The van der Waals surface area contributed by atoms with Crippen molar-refractivity contribution < 1.29 is 17.6 Å². The van der Waals surface area contributed by atoms with E-state index in [9.17, 15) is 17.6 Å². The molecule has 0 saturated heterocycles. The van der Waals surface area contributed by atoms with Crippen LogP contribution >= 0.6 is 0 Å². The molecule has 0 amide bonds. The van der Waals surface area contributed by atoms with Crippen molar-refractivity contribution in [3.8, 4) is 0 Å². The Morgan fingerprint density at radius 2 is 1.50 bits per heavy atom. The Labute approximate surface area is 76.3 Å². The van der Waals surface area contributed by atoms with Crippen molar-refractivity contribution in [3.63, 3.8) is 0 Å². The molecule has 5 heteroatoms. The smallest absolute Gasteiger partial charge is 0.199 e. The quantitative estimate of drug-likeness (QED) is 0.385. The van der Waals surface area contributed by atoms with Crippen LogP contribution < -0.4 is 0 Å². The second-order valence-corrected chi connectivity index (χ2v) is 2.98. The SMILES string of the molecule is Cc1c[nH]c2c(F)c(F)c(F)c(F)c12. The van der Waals surface area contributed by atoms with Crippen molar-refractivity contribution >= 4 is 10.9 Å². The Balaban J connectivity index is 3.05. The molecule has 2 rings (SSSR count). The van der Waals surface area contributed by atoms with Crippen LogP contribution in [0.4, 0.5) is 17.6 Å². The Bertz CT molecular complexity index is 515. The first kappa shape index (κ1) is 9.05. The molecule has 0 aliphatic carbocycles. The molecule has 0 aliphatic rings. The van der Waals surface area contributed by atoms with Crippen molar-refractivity contribution in [1.29, 1.82) is 0 Å². The minimum Gasteiger partial charge on any atom is -0.358 e. The summed E-state index contributed by atoms with van der Waals surface area (Å²) < 4.78 is 51.7. The molecule has 0 radical (unpaired) electrons. The molecule has 1 heterocycles. The predicted molar refractivity (Wildman–Crippen MR) is 42.9 cm³/mol. The highest BCUT2D eigenvalue weighted by molar-refractivity contribution is 5.84. The van der Waals surface area contributed by atoms with Crippen LogP contribution in [0.25, 0.3) is 10.9 Å². The third kappa shape index (κ3) is 0.950. The zero-order chi connectivity index (χ0) is 10.5. The Morgan fingerprint density at radius 3 is 2.14 bits per heavy atom. The molecule has 0 atom stereocenters. The number of H-pyrrole nitrogens is 1. The summed E-state index contributed by atoms with van der Waals surface area (Å²) in [6.45, 7) is 1.47. The fourth-order valence-corrected chi connectivity index (χ4v) is 1.39. The minimum absolute atomic E-state index is 0.249. The van der Waals surface area contributed by atoms with Gasteiger partial charge in [0.25, 0.3) is 0 Å². The van der Waals surface area contributed by atoms with E-state index in [-0.39, 0.29) is 10.9 Å². The first-order valence-corrected chi connectivity index (χ1v) is 3.83. The van der Waals surface area contributed by atoms with E-state index in [1.807, 2.05) is 0 Å². The topological polar surface area (TPSA) is 15.8 Å². The molecule has 14 heavy (non-hydrogen) atoms. The first-order chi connectivity index (χ1) is 6.54. The maximum absolute atomic E-state index is 13.1. The number of benzene rings is 1. The average molecular weight is 203 g/mol. The second-order valence-electron chi connectivity index (χ2n) is 2.98. The molecule has 1 N–H and O–H groups in total. The zero-order valence-corrected chi connectivity index (χ0v) is 7.09. The lowest BCUT2D eigenvalue weighted by Gasteiger charge is -2.00. The van der Waals surface area contributed by atoms with E-state index in [1.54, 1.807) is 0 Å². The number of aromatic nitrogens is 1. The van der Waals surface area contributed by atoms with Gasteiger partial charge in [0.05, 0.1) is 5.52 Å². The van der Waals surface area contributed by atoms with E-state index >= 15 is 0 Å². The normalized spacial score (nSPS) is 11.2. The van der Waals surface area contributed by atoms with Crippen LogP contribution in [0.3, 0.4) is 0 Å². The van der Waals surface area contributed by atoms with Gasteiger partial charge in [-0.15, -0.1) is 0 Å². The van der Waals surface area contributed by atoms with Gasteiger partial charge in [-0.05, 0) is 12.5 Å². The van der Waals surface area contributed by atoms with Crippen molar-refractivity contribution in [2.75, 3.05) is 0 Å². The fraction of sp³-hybridized carbons (Fsp3) is 0.111. The van der Waals surface area contributed by atoms with Crippen LogP contribution in [-0.2, 0) is 0 Å². The minimum atomic E-state index is -1.79. The number of hydrogen-bond donors (Lipinski definition) is 1. The lowest BCUT2D eigenvalue weighted by molar-refractivity contribution is 0.417. The third-order valence-electron chi connectivity index (χ3n) is 2.09. The molecule has 0 saturated carbocycles. The van der Waals surface area contributed by atoms with Gasteiger partial charge < -0.3 is 4.98 Å². The van der Waals surface area contributed by atoms with E-state index in [4.69, 9.17) is 0 Å². The molecule has 0 unspecified atom stereocenters. The number of fused-ring (bicyclic) bond motifs is 1. The van der Waals surface area contributed by atoms with Crippen molar-refractivity contribution in [3.05, 3.63) is 35.0 Å². The van der Waals surface area contributed by atoms with Gasteiger partial charge in [-0.2, -0.15) is 0 Å². The third-order valence-corrected chi connectivity index (χ3v) is 2.09. The largest absolute Gasteiger partial charge is 0.358 e. The lowest BCUT2D eigenvalue weighted by Crippen LogP contribution is -1.97. The molecule has 74 valence electrons. The predicted octanol–water partition coefficient (Wildman–Crippen LogP) is 3.03. The van der Waals surface area contributed by atoms with Gasteiger partial charge in [0.1, 0.15) is 0 Å². The molecular formula is C9H5F4N. The van der Waals surface area contributed by atoms with E-state index in [0.29, 0.717) is 5.56 Å². The number of aryl methyl sites for hydroxylation is 1. The molecule has 0 bridgehead atoms. The monoisotopic (exact) mass is 203 g/mol. The van der Waals surface area contributed by atoms with Gasteiger partial charge >= 0.3 is 0 Å². The maximum Gasteiger partial charge on any atom is 0.199 e. The Kier molecular flexibility index (Phi) is 1.77. The van der Waals surface area contributed by atoms with Crippen LogP contribution in [0.1, 0.15) is 5.56 Å². The lowest BCUT2D eigenvalue weighted by atomic mass is 10.1. The summed E-state index contributed by atoms with van der Waals surface area (Å²) in [5.41, 5.74) is -0.0193. The van der Waals surface area contributed by atoms with Gasteiger partial charge in [0.15, 0.2) is 23.3 Å². The molecule has 0 fully saturated rings. The highest BCUT2D eigenvalue weighted by Gasteiger charge is 2.22. The summed E-state index contributed by atoms with van der Waals surface area (Å²) in [6.07, 6.45) is 1.29. The molecule has 1 nitrogen and oxygen atoms in total. The number of halogens is 4. The van der Waals surface area contributed by atoms with E-state index < -0.39 is 23.3 Å². The second kappa shape index (κ2) is 2.73. The summed E-state index contributed by atoms with van der Waals surface area (Å²) in [5.74, 6) is -6.33. The van der Waals surface area contributed by atoms with Crippen LogP contribution in [0, 0.1) is 30.2 Å². The van der Waals surface area contributed by atoms with E-state index in [1.165, 1.54) is 13.1 Å². The van der Waals surface area contributed by atoms with Crippen molar-refractivity contribution in [1.82, 2.24) is 4.98 Å². The number of rotatable bonds is 0. The summed E-state index contributed by atoms with van der Waals surface area (Å²) in [7, 11) is 0. The summed E-state index contributed by atoms with van der Waals surface area (Å²) in [4.78, 5) is 2.34. The summed E-state index contributed by atoms with van der Waals surface area (Å²) in [6, 6.07) is 0. The molecule has 0 aliphatic heterocycles. The summed E-state index contributed by atoms with van der Waals surface area (Å²) in [5, 5.41) is -0.249. The van der Waals surface area contributed by atoms with Gasteiger partial charge in [-0.25, -0.2) is 17.6 Å². The summed E-state index contributed by atoms with van der Waals surface area (Å²) >= 11 is 0. The Morgan fingerprint density at radius 1 is 0.929 bits per heavy atom. The molecule has 0 spiro atoms. The number of aromatic amines is 1. The van der Waals surface area contributed by atoms with E-state index in [2.05, 4.69) is 4.98 Å².